The quantitative estimate of drug-likeness (QED) is 0.749. The molecule has 1 aromatic heterocycles. The zero-order chi connectivity index (χ0) is 14.9. The molecule has 4 rings (SSSR count). The molecule has 108 valence electrons. The minimum absolute atomic E-state index is 0.287. The van der Waals surface area contributed by atoms with E-state index in [-0.39, 0.29) is 5.82 Å². The van der Waals surface area contributed by atoms with E-state index >= 15 is 0 Å². The SMILES string of the molecule is Fc1cccc(Nc2ncc3c(n2)-c2ccccc2SC3)c1. The molecular formula is C17H12FN3S. The minimum Gasteiger partial charge on any atom is -0.324 e. The summed E-state index contributed by atoms with van der Waals surface area (Å²) in [5.74, 6) is 1.06. The van der Waals surface area contributed by atoms with Crippen molar-refractivity contribution >= 4 is 23.4 Å². The molecule has 0 saturated heterocycles. The van der Waals surface area contributed by atoms with Crippen molar-refractivity contribution < 1.29 is 4.39 Å². The summed E-state index contributed by atoms with van der Waals surface area (Å²) in [6, 6.07) is 14.5. The smallest absolute Gasteiger partial charge is 0.227 e. The number of nitrogens with zero attached hydrogens (tertiary/aromatic N) is 2. The molecule has 22 heavy (non-hydrogen) atoms. The van der Waals surface area contributed by atoms with Crippen molar-refractivity contribution in [1.29, 1.82) is 0 Å². The van der Waals surface area contributed by atoms with E-state index in [1.807, 2.05) is 18.3 Å². The van der Waals surface area contributed by atoms with Crippen LogP contribution in [0.25, 0.3) is 11.3 Å². The van der Waals surface area contributed by atoms with Crippen LogP contribution in [-0.4, -0.2) is 9.97 Å². The fraction of sp³-hybridized carbons (Fsp3) is 0.0588. The first kappa shape index (κ1) is 13.3. The first-order valence-corrected chi connectivity index (χ1v) is 7.89. The van der Waals surface area contributed by atoms with Gasteiger partial charge in [0.05, 0.1) is 5.69 Å². The second-order valence-electron chi connectivity index (χ2n) is 4.99. The molecule has 2 aromatic carbocycles. The average Bonchev–Trinajstić information content (AvgIpc) is 2.55. The van der Waals surface area contributed by atoms with Gasteiger partial charge in [0, 0.05) is 33.7 Å². The molecule has 1 aliphatic rings. The van der Waals surface area contributed by atoms with Crippen LogP contribution in [0.15, 0.2) is 59.6 Å². The van der Waals surface area contributed by atoms with E-state index in [9.17, 15) is 4.39 Å². The number of hydrogen-bond acceptors (Lipinski definition) is 4. The van der Waals surface area contributed by atoms with Gasteiger partial charge in [-0.2, -0.15) is 0 Å². The normalized spacial score (nSPS) is 12.4. The van der Waals surface area contributed by atoms with E-state index in [0.29, 0.717) is 11.6 Å². The van der Waals surface area contributed by atoms with Gasteiger partial charge in [0.25, 0.3) is 0 Å². The third-order valence-electron chi connectivity index (χ3n) is 3.47. The van der Waals surface area contributed by atoms with E-state index in [1.54, 1.807) is 23.9 Å². The van der Waals surface area contributed by atoms with Gasteiger partial charge in [-0.3, -0.25) is 0 Å². The summed E-state index contributed by atoms with van der Waals surface area (Å²) in [7, 11) is 0. The van der Waals surface area contributed by atoms with Crippen LogP contribution in [0.2, 0.25) is 0 Å². The highest BCUT2D eigenvalue weighted by atomic mass is 32.2. The number of aromatic nitrogens is 2. The maximum Gasteiger partial charge on any atom is 0.227 e. The van der Waals surface area contributed by atoms with Crippen LogP contribution < -0.4 is 5.32 Å². The Kier molecular flexibility index (Phi) is 3.27. The Bertz CT molecular complexity index is 851. The molecule has 3 aromatic rings. The third-order valence-corrected chi connectivity index (χ3v) is 4.59. The van der Waals surface area contributed by atoms with Gasteiger partial charge in [0.2, 0.25) is 5.95 Å². The molecular weight excluding hydrogens is 297 g/mol. The fourth-order valence-electron chi connectivity index (χ4n) is 2.44. The van der Waals surface area contributed by atoms with Gasteiger partial charge in [0.1, 0.15) is 5.82 Å². The average molecular weight is 309 g/mol. The molecule has 3 nitrogen and oxygen atoms in total. The molecule has 0 bridgehead atoms. The van der Waals surface area contributed by atoms with Gasteiger partial charge in [-0.1, -0.05) is 24.3 Å². The topological polar surface area (TPSA) is 37.8 Å². The molecule has 0 unspecified atom stereocenters. The van der Waals surface area contributed by atoms with Crippen molar-refractivity contribution in [3.63, 3.8) is 0 Å². The van der Waals surface area contributed by atoms with Gasteiger partial charge < -0.3 is 5.32 Å². The molecule has 0 atom stereocenters. The number of anilines is 2. The van der Waals surface area contributed by atoms with E-state index in [1.165, 1.54) is 17.0 Å². The molecule has 5 heteroatoms. The molecule has 2 heterocycles. The summed E-state index contributed by atoms with van der Waals surface area (Å²) in [5, 5.41) is 3.06. The van der Waals surface area contributed by atoms with Crippen molar-refractivity contribution in [2.75, 3.05) is 5.32 Å². The number of fused-ring (bicyclic) bond motifs is 3. The second kappa shape index (κ2) is 5.42. The van der Waals surface area contributed by atoms with Crippen LogP contribution in [0.3, 0.4) is 0 Å². The van der Waals surface area contributed by atoms with Crippen LogP contribution in [0.4, 0.5) is 16.0 Å². The zero-order valence-corrected chi connectivity index (χ0v) is 12.4. The second-order valence-corrected chi connectivity index (χ2v) is 6.00. The lowest BCUT2D eigenvalue weighted by Crippen LogP contribution is -2.04. The fourth-order valence-corrected chi connectivity index (χ4v) is 3.46. The zero-order valence-electron chi connectivity index (χ0n) is 11.6. The van der Waals surface area contributed by atoms with E-state index in [2.05, 4.69) is 27.4 Å². The molecule has 0 saturated carbocycles. The molecule has 0 fully saturated rings. The van der Waals surface area contributed by atoms with Crippen LogP contribution in [0.5, 0.6) is 0 Å². The van der Waals surface area contributed by atoms with E-state index in [0.717, 1.165) is 22.6 Å². The third kappa shape index (κ3) is 2.44. The first-order valence-electron chi connectivity index (χ1n) is 6.90. The molecule has 0 spiro atoms. The number of nitrogens with one attached hydrogen (secondary N) is 1. The summed E-state index contributed by atoms with van der Waals surface area (Å²) < 4.78 is 13.3. The maximum absolute atomic E-state index is 13.3. The summed E-state index contributed by atoms with van der Waals surface area (Å²) >= 11 is 1.79. The van der Waals surface area contributed by atoms with Gasteiger partial charge in [-0.25, -0.2) is 14.4 Å². The van der Waals surface area contributed by atoms with Crippen LogP contribution in [-0.2, 0) is 5.75 Å². The Morgan fingerprint density at radius 3 is 2.91 bits per heavy atom. The minimum atomic E-state index is -0.287. The van der Waals surface area contributed by atoms with E-state index < -0.39 is 0 Å². The Morgan fingerprint density at radius 2 is 2.00 bits per heavy atom. The number of halogens is 1. The van der Waals surface area contributed by atoms with Gasteiger partial charge >= 0.3 is 0 Å². The lowest BCUT2D eigenvalue weighted by molar-refractivity contribution is 0.628. The summed E-state index contributed by atoms with van der Waals surface area (Å²) in [4.78, 5) is 10.2. The number of benzene rings is 2. The molecule has 0 aliphatic carbocycles. The van der Waals surface area contributed by atoms with E-state index in [4.69, 9.17) is 0 Å². The molecule has 1 aliphatic heterocycles. The van der Waals surface area contributed by atoms with Crippen LogP contribution >= 0.6 is 11.8 Å². The van der Waals surface area contributed by atoms with Crippen LogP contribution in [0.1, 0.15) is 5.56 Å². The Morgan fingerprint density at radius 1 is 1.09 bits per heavy atom. The standard InChI is InChI=1S/C17H12FN3S/c18-12-4-3-5-13(8-12)20-17-19-9-11-10-22-15-7-2-1-6-14(15)16(11)21-17/h1-9H,10H2,(H,19,20,21). The predicted octanol–water partition coefficient (Wildman–Crippen LogP) is 4.63. The summed E-state index contributed by atoms with van der Waals surface area (Å²) in [6.07, 6.45) is 1.84. The van der Waals surface area contributed by atoms with Gasteiger partial charge in [-0.05, 0) is 24.3 Å². The van der Waals surface area contributed by atoms with Crippen molar-refractivity contribution in [1.82, 2.24) is 9.97 Å². The summed E-state index contributed by atoms with van der Waals surface area (Å²) in [6.45, 7) is 0. The Labute approximate surface area is 131 Å². The molecule has 1 N–H and O–H groups in total. The van der Waals surface area contributed by atoms with Crippen molar-refractivity contribution in [2.45, 2.75) is 10.6 Å². The molecule has 0 amide bonds. The van der Waals surface area contributed by atoms with Gasteiger partial charge in [0.15, 0.2) is 0 Å². The van der Waals surface area contributed by atoms with Crippen LogP contribution in [0, 0.1) is 5.82 Å². The first-order chi connectivity index (χ1) is 10.8. The highest BCUT2D eigenvalue weighted by Gasteiger charge is 2.18. The number of rotatable bonds is 2. The maximum atomic E-state index is 13.3. The number of thioether (sulfide) groups is 1. The Hall–Kier alpha value is -2.40. The van der Waals surface area contributed by atoms with Gasteiger partial charge in [-0.15, -0.1) is 11.8 Å². The van der Waals surface area contributed by atoms with Crippen molar-refractivity contribution in [3.05, 3.63) is 66.1 Å². The van der Waals surface area contributed by atoms with Crippen molar-refractivity contribution in [3.8, 4) is 11.3 Å². The molecule has 0 radical (unpaired) electrons. The monoisotopic (exact) mass is 309 g/mol. The highest BCUT2D eigenvalue weighted by Crippen LogP contribution is 2.40. The highest BCUT2D eigenvalue weighted by molar-refractivity contribution is 7.98. The Balaban J connectivity index is 1.73. The largest absolute Gasteiger partial charge is 0.324 e. The lowest BCUT2D eigenvalue weighted by Gasteiger charge is -2.18. The van der Waals surface area contributed by atoms with Crippen molar-refractivity contribution in [2.24, 2.45) is 0 Å². The lowest BCUT2D eigenvalue weighted by atomic mass is 10.1. The summed E-state index contributed by atoms with van der Waals surface area (Å²) in [5.41, 5.74) is 3.83. The predicted molar refractivity (Wildman–Crippen MR) is 86.7 cm³/mol. The number of hydrogen-bond donors (Lipinski definition) is 1.